The second-order valence-corrected chi connectivity index (χ2v) is 6.37. The molecular weight excluding hydrogens is 246 g/mol. The minimum absolute atomic E-state index is 0.351. The summed E-state index contributed by atoms with van der Waals surface area (Å²) in [5.41, 5.74) is 0.989. The molecule has 1 saturated heterocycles. The highest BCUT2D eigenvalue weighted by atomic mass is 32.1. The Morgan fingerprint density at radius 1 is 1.28 bits per heavy atom. The number of rotatable bonds is 4. The second-order valence-electron chi connectivity index (χ2n) is 5.13. The van der Waals surface area contributed by atoms with E-state index in [4.69, 9.17) is 0 Å². The van der Waals surface area contributed by atoms with Crippen LogP contribution in [0, 0.1) is 13.8 Å². The maximum atomic E-state index is 10.2. The van der Waals surface area contributed by atoms with E-state index in [1.165, 1.54) is 0 Å². The Morgan fingerprint density at radius 3 is 2.50 bits per heavy atom. The van der Waals surface area contributed by atoms with Crippen LogP contribution >= 0.6 is 11.3 Å². The summed E-state index contributed by atoms with van der Waals surface area (Å²) in [6.45, 7) is 9.45. The Balaban J connectivity index is 1.81. The average Bonchev–Trinajstić information content (AvgIpc) is 2.67. The van der Waals surface area contributed by atoms with Gasteiger partial charge in [-0.15, -0.1) is 11.3 Å². The molecule has 1 atom stereocenters. The first-order valence-corrected chi connectivity index (χ1v) is 7.41. The fraction of sp³-hybridized carbons (Fsp3) is 0.769. The number of aryl methyl sites for hydroxylation is 2. The van der Waals surface area contributed by atoms with Gasteiger partial charge in [0.1, 0.15) is 0 Å². The van der Waals surface area contributed by atoms with Gasteiger partial charge < -0.3 is 14.9 Å². The normalized spacial score (nSPS) is 20.2. The summed E-state index contributed by atoms with van der Waals surface area (Å²) in [7, 11) is 2.16. The zero-order valence-corrected chi connectivity index (χ0v) is 12.3. The van der Waals surface area contributed by atoms with Gasteiger partial charge in [0.2, 0.25) is 0 Å². The lowest BCUT2D eigenvalue weighted by atomic mass is 10.1. The van der Waals surface area contributed by atoms with Gasteiger partial charge >= 0.3 is 0 Å². The molecule has 0 spiro atoms. The molecular formula is C13H23N3OS. The summed E-state index contributed by atoms with van der Waals surface area (Å²) in [6, 6.07) is 0. The zero-order chi connectivity index (χ0) is 13.1. The first kappa shape index (κ1) is 13.9. The summed E-state index contributed by atoms with van der Waals surface area (Å²) >= 11 is 1.62. The van der Waals surface area contributed by atoms with Crippen molar-refractivity contribution in [2.24, 2.45) is 0 Å². The van der Waals surface area contributed by atoms with Crippen LogP contribution in [0.25, 0.3) is 0 Å². The highest BCUT2D eigenvalue weighted by Crippen LogP contribution is 2.27. The maximum Gasteiger partial charge on any atom is 0.0913 e. The van der Waals surface area contributed by atoms with Gasteiger partial charge in [-0.25, -0.2) is 4.98 Å². The first-order valence-electron chi connectivity index (χ1n) is 6.59. The molecule has 0 aromatic carbocycles. The van der Waals surface area contributed by atoms with Crippen molar-refractivity contribution in [2.45, 2.75) is 26.4 Å². The van der Waals surface area contributed by atoms with Gasteiger partial charge in [-0.2, -0.15) is 0 Å². The van der Waals surface area contributed by atoms with Crippen LogP contribution in [0.3, 0.4) is 0 Å². The molecule has 1 fully saturated rings. The highest BCUT2D eigenvalue weighted by Gasteiger charge is 2.18. The van der Waals surface area contributed by atoms with Crippen molar-refractivity contribution in [1.29, 1.82) is 0 Å². The molecule has 1 unspecified atom stereocenters. The Hall–Kier alpha value is -0.490. The lowest BCUT2D eigenvalue weighted by Crippen LogP contribution is -2.44. The van der Waals surface area contributed by atoms with Crippen molar-refractivity contribution in [3.05, 3.63) is 15.6 Å². The standard InChI is InChI=1S/C13H23N3OS/c1-10-13(18-11(2)14-10)12(17)4-5-16-8-6-15(3)7-9-16/h12,17H,4-9H2,1-3H3. The molecule has 1 aromatic heterocycles. The number of likely N-dealkylation sites (N-methyl/N-ethyl adjacent to an activating group) is 1. The number of hydrogen-bond donors (Lipinski definition) is 1. The topological polar surface area (TPSA) is 39.6 Å². The number of nitrogens with zero attached hydrogens (tertiary/aromatic N) is 3. The SMILES string of the molecule is Cc1nc(C)c(C(O)CCN2CCN(C)CC2)s1. The van der Waals surface area contributed by atoms with Gasteiger partial charge in [-0.3, -0.25) is 0 Å². The van der Waals surface area contributed by atoms with Crippen LogP contribution < -0.4 is 0 Å². The summed E-state index contributed by atoms with van der Waals surface area (Å²) in [6.07, 6.45) is 0.461. The van der Waals surface area contributed by atoms with Gasteiger partial charge in [0, 0.05) is 32.7 Å². The smallest absolute Gasteiger partial charge is 0.0913 e. The summed E-state index contributed by atoms with van der Waals surface area (Å²) in [5, 5.41) is 11.3. The molecule has 1 aliphatic rings. The lowest BCUT2D eigenvalue weighted by molar-refractivity contribution is 0.114. The molecule has 0 amide bonds. The molecule has 0 aliphatic carbocycles. The van der Waals surface area contributed by atoms with Gasteiger partial charge in [0.15, 0.2) is 0 Å². The van der Waals surface area contributed by atoms with E-state index in [0.717, 1.165) is 54.7 Å². The number of thiazole rings is 1. The molecule has 18 heavy (non-hydrogen) atoms. The van der Waals surface area contributed by atoms with Crippen LogP contribution in [0.5, 0.6) is 0 Å². The number of aliphatic hydroxyl groups is 1. The highest BCUT2D eigenvalue weighted by molar-refractivity contribution is 7.11. The van der Waals surface area contributed by atoms with Crippen molar-refractivity contribution >= 4 is 11.3 Å². The predicted octanol–water partition coefficient (Wildman–Crippen LogP) is 1.43. The molecule has 2 heterocycles. The van der Waals surface area contributed by atoms with Crippen LogP contribution in [-0.2, 0) is 0 Å². The van der Waals surface area contributed by atoms with Gasteiger partial charge in [-0.05, 0) is 27.3 Å². The zero-order valence-electron chi connectivity index (χ0n) is 11.5. The minimum atomic E-state index is -0.351. The van der Waals surface area contributed by atoms with E-state index in [9.17, 15) is 5.11 Å². The van der Waals surface area contributed by atoms with Crippen LogP contribution in [0.4, 0.5) is 0 Å². The Morgan fingerprint density at radius 2 is 1.94 bits per heavy atom. The molecule has 4 nitrogen and oxygen atoms in total. The molecule has 0 bridgehead atoms. The van der Waals surface area contributed by atoms with Gasteiger partial charge in [-0.1, -0.05) is 0 Å². The third-order valence-electron chi connectivity index (χ3n) is 3.56. The van der Waals surface area contributed by atoms with Crippen molar-refractivity contribution < 1.29 is 5.11 Å². The van der Waals surface area contributed by atoms with Gasteiger partial charge in [0.25, 0.3) is 0 Å². The lowest BCUT2D eigenvalue weighted by Gasteiger charge is -2.32. The van der Waals surface area contributed by atoms with E-state index in [-0.39, 0.29) is 6.10 Å². The van der Waals surface area contributed by atoms with Crippen molar-refractivity contribution in [2.75, 3.05) is 39.8 Å². The van der Waals surface area contributed by atoms with Crippen LogP contribution in [0.2, 0.25) is 0 Å². The quantitative estimate of drug-likeness (QED) is 0.897. The van der Waals surface area contributed by atoms with E-state index in [2.05, 4.69) is 21.8 Å². The van der Waals surface area contributed by atoms with E-state index < -0.39 is 0 Å². The fourth-order valence-electron chi connectivity index (χ4n) is 2.36. The Bertz CT molecular complexity index is 386. The number of aromatic nitrogens is 1. The van der Waals surface area contributed by atoms with Crippen molar-refractivity contribution in [3.63, 3.8) is 0 Å². The van der Waals surface area contributed by atoms with Crippen LogP contribution in [0.15, 0.2) is 0 Å². The summed E-state index contributed by atoms with van der Waals surface area (Å²) < 4.78 is 0. The second kappa shape index (κ2) is 6.10. The van der Waals surface area contributed by atoms with Crippen molar-refractivity contribution in [1.82, 2.24) is 14.8 Å². The summed E-state index contributed by atoms with van der Waals surface area (Å²) in [5.74, 6) is 0. The van der Waals surface area contributed by atoms with Crippen LogP contribution in [-0.4, -0.2) is 59.7 Å². The van der Waals surface area contributed by atoms with E-state index >= 15 is 0 Å². The van der Waals surface area contributed by atoms with E-state index in [0.29, 0.717) is 0 Å². The molecule has 0 radical (unpaired) electrons. The molecule has 0 saturated carbocycles. The monoisotopic (exact) mass is 269 g/mol. The molecule has 1 aromatic rings. The summed E-state index contributed by atoms with van der Waals surface area (Å²) in [4.78, 5) is 10.2. The number of hydrogen-bond acceptors (Lipinski definition) is 5. The predicted molar refractivity (Wildman–Crippen MR) is 75.1 cm³/mol. The molecule has 2 rings (SSSR count). The first-order chi connectivity index (χ1) is 8.56. The van der Waals surface area contributed by atoms with E-state index in [1.54, 1.807) is 11.3 Å². The van der Waals surface area contributed by atoms with Crippen LogP contribution in [0.1, 0.15) is 28.1 Å². The molecule has 102 valence electrons. The Kier molecular flexibility index (Phi) is 4.72. The van der Waals surface area contributed by atoms with Crippen molar-refractivity contribution in [3.8, 4) is 0 Å². The van der Waals surface area contributed by atoms with E-state index in [1.807, 2.05) is 13.8 Å². The molecule has 5 heteroatoms. The Labute approximate surface area is 113 Å². The fourth-order valence-corrected chi connectivity index (χ4v) is 3.31. The molecule has 1 aliphatic heterocycles. The minimum Gasteiger partial charge on any atom is -0.387 e. The maximum absolute atomic E-state index is 10.2. The largest absolute Gasteiger partial charge is 0.387 e. The number of aliphatic hydroxyl groups excluding tert-OH is 1. The van der Waals surface area contributed by atoms with Gasteiger partial charge in [0.05, 0.1) is 21.7 Å². The third kappa shape index (κ3) is 3.51. The average molecular weight is 269 g/mol. The number of piperazine rings is 1. The molecule has 1 N–H and O–H groups in total. The third-order valence-corrected chi connectivity index (χ3v) is 4.73.